The molecule has 0 fully saturated rings. The number of rotatable bonds is 6. The van der Waals surface area contributed by atoms with Crippen LogP contribution in [-0.2, 0) is 0 Å². The van der Waals surface area contributed by atoms with E-state index in [0.29, 0.717) is 5.69 Å². The van der Waals surface area contributed by atoms with Gasteiger partial charge in [-0.15, -0.1) is 0 Å². The zero-order chi connectivity index (χ0) is 25.7. The summed E-state index contributed by atoms with van der Waals surface area (Å²) in [4.78, 5) is 0. The van der Waals surface area contributed by atoms with Crippen molar-refractivity contribution in [2.75, 3.05) is 11.1 Å². The van der Waals surface area contributed by atoms with E-state index in [1.165, 1.54) is 33.0 Å². The van der Waals surface area contributed by atoms with E-state index < -0.39 is 0 Å². The van der Waals surface area contributed by atoms with Gasteiger partial charge in [0.2, 0.25) is 0 Å². The number of hydrogen-bond acceptors (Lipinski definition) is 2. The Hall–Kier alpha value is -5.08. The molecular formula is C36H28N2. The standard InChI is InChI=1S/C36H28N2/c37-34-18-6-7-19-35(34)38-36(33-17-9-13-29-12-4-5-16-32(29)33)24-26-20-22-28(23-21-26)31-15-8-14-30(25-31)27-10-2-1-3-11-27/h1-25,38H,37H2/b36-24+. The molecule has 0 bridgehead atoms. The molecule has 0 aromatic heterocycles. The molecular weight excluding hydrogens is 460 g/mol. The lowest BCUT2D eigenvalue weighted by Crippen LogP contribution is -2.02. The molecule has 0 aliphatic carbocycles. The van der Waals surface area contributed by atoms with Crippen molar-refractivity contribution in [2.45, 2.75) is 0 Å². The van der Waals surface area contributed by atoms with Crippen LogP contribution in [0.25, 0.3) is 44.8 Å². The van der Waals surface area contributed by atoms with Crippen LogP contribution in [-0.4, -0.2) is 0 Å². The van der Waals surface area contributed by atoms with Gasteiger partial charge in [0, 0.05) is 11.3 Å². The minimum absolute atomic E-state index is 0.715. The lowest BCUT2D eigenvalue weighted by molar-refractivity contribution is 1.55. The van der Waals surface area contributed by atoms with Gasteiger partial charge in [-0.05, 0) is 62.9 Å². The Labute approximate surface area is 223 Å². The largest absolute Gasteiger partial charge is 0.397 e. The Morgan fingerprint density at radius 3 is 1.92 bits per heavy atom. The van der Waals surface area contributed by atoms with E-state index in [2.05, 4.69) is 127 Å². The Balaban J connectivity index is 1.38. The highest BCUT2D eigenvalue weighted by molar-refractivity contribution is 6.01. The molecule has 0 radical (unpaired) electrons. The lowest BCUT2D eigenvalue weighted by Gasteiger charge is -2.16. The zero-order valence-electron chi connectivity index (χ0n) is 21.0. The number of para-hydroxylation sites is 2. The van der Waals surface area contributed by atoms with E-state index in [1.54, 1.807) is 0 Å². The van der Waals surface area contributed by atoms with Gasteiger partial charge < -0.3 is 11.1 Å². The molecule has 0 aliphatic heterocycles. The van der Waals surface area contributed by atoms with Crippen molar-refractivity contribution in [1.82, 2.24) is 0 Å². The monoisotopic (exact) mass is 488 g/mol. The first-order valence-electron chi connectivity index (χ1n) is 12.8. The molecule has 0 saturated heterocycles. The number of benzene rings is 6. The van der Waals surface area contributed by atoms with E-state index in [-0.39, 0.29) is 0 Å². The molecule has 2 heteroatoms. The number of nitrogens with one attached hydrogen (secondary N) is 1. The van der Waals surface area contributed by atoms with Crippen LogP contribution in [0.2, 0.25) is 0 Å². The highest BCUT2D eigenvalue weighted by Gasteiger charge is 2.09. The van der Waals surface area contributed by atoms with Gasteiger partial charge in [-0.2, -0.15) is 0 Å². The molecule has 2 nitrogen and oxygen atoms in total. The highest BCUT2D eigenvalue weighted by atomic mass is 14.9. The summed E-state index contributed by atoms with van der Waals surface area (Å²) >= 11 is 0. The number of nitrogens with two attached hydrogens (primary N) is 1. The summed E-state index contributed by atoms with van der Waals surface area (Å²) < 4.78 is 0. The van der Waals surface area contributed by atoms with Crippen LogP contribution in [0.1, 0.15) is 11.1 Å². The van der Waals surface area contributed by atoms with Gasteiger partial charge in [0.15, 0.2) is 0 Å². The van der Waals surface area contributed by atoms with Crippen molar-refractivity contribution in [3.8, 4) is 22.3 Å². The summed E-state index contributed by atoms with van der Waals surface area (Å²) in [5.74, 6) is 0. The molecule has 0 saturated carbocycles. The first-order chi connectivity index (χ1) is 18.7. The Kier molecular flexibility index (Phi) is 6.44. The van der Waals surface area contributed by atoms with Crippen LogP contribution < -0.4 is 11.1 Å². The van der Waals surface area contributed by atoms with Gasteiger partial charge in [0.1, 0.15) is 0 Å². The normalized spacial score (nSPS) is 11.4. The maximum absolute atomic E-state index is 6.30. The van der Waals surface area contributed by atoms with E-state index in [1.807, 2.05) is 30.3 Å². The van der Waals surface area contributed by atoms with Crippen LogP contribution >= 0.6 is 0 Å². The topological polar surface area (TPSA) is 38.0 Å². The van der Waals surface area contributed by atoms with Crippen molar-refractivity contribution in [3.05, 3.63) is 157 Å². The third-order valence-corrected chi connectivity index (χ3v) is 6.83. The first-order valence-corrected chi connectivity index (χ1v) is 12.8. The maximum atomic E-state index is 6.30. The molecule has 3 N–H and O–H groups in total. The van der Waals surface area contributed by atoms with E-state index in [9.17, 15) is 0 Å². The fourth-order valence-electron chi connectivity index (χ4n) is 4.84. The number of fused-ring (bicyclic) bond motifs is 1. The van der Waals surface area contributed by atoms with Gasteiger partial charge in [-0.1, -0.05) is 127 Å². The summed E-state index contributed by atoms with van der Waals surface area (Å²) in [6.45, 7) is 0. The van der Waals surface area contributed by atoms with Gasteiger partial charge in [0.05, 0.1) is 11.4 Å². The summed E-state index contributed by atoms with van der Waals surface area (Å²) in [7, 11) is 0. The minimum atomic E-state index is 0.715. The Morgan fingerprint density at radius 1 is 0.526 bits per heavy atom. The summed E-state index contributed by atoms with van der Waals surface area (Å²) in [6.07, 6.45) is 2.19. The molecule has 182 valence electrons. The van der Waals surface area contributed by atoms with Crippen LogP contribution in [0.15, 0.2) is 146 Å². The Bertz CT molecular complexity index is 1730. The zero-order valence-corrected chi connectivity index (χ0v) is 21.0. The molecule has 0 aliphatic rings. The maximum Gasteiger partial charge on any atom is 0.0618 e. The summed E-state index contributed by atoms with van der Waals surface area (Å²) in [6, 6.07) is 50.7. The van der Waals surface area contributed by atoms with E-state index >= 15 is 0 Å². The van der Waals surface area contributed by atoms with Crippen molar-refractivity contribution >= 4 is 33.9 Å². The molecule has 38 heavy (non-hydrogen) atoms. The van der Waals surface area contributed by atoms with Crippen molar-refractivity contribution < 1.29 is 0 Å². The molecule has 0 spiro atoms. The van der Waals surface area contributed by atoms with Gasteiger partial charge in [-0.25, -0.2) is 0 Å². The molecule has 6 rings (SSSR count). The average Bonchev–Trinajstić information content (AvgIpc) is 2.98. The predicted octanol–water partition coefficient (Wildman–Crippen LogP) is 9.37. The van der Waals surface area contributed by atoms with Gasteiger partial charge in [-0.3, -0.25) is 0 Å². The lowest BCUT2D eigenvalue weighted by atomic mass is 9.97. The highest BCUT2D eigenvalue weighted by Crippen LogP contribution is 2.31. The van der Waals surface area contributed by atoms with Crippen LogP contribution in [0, 0.1) is 0 Å². The van der Waals surface area contributed by atoms with Crippen LogP contribution in [0.3, 0.4) is 0 Å². The van der Waals surface area contributed by atoms with Crippen molar-refractivity contribution in [3.63, 3.8) is 0 Å². The smallest absolute Gasteiger partial charge is 0.0618 e. The predicted molar refractivity (Wildman–Crippen MR) is 164 cm³/mol. The second-order valence-corrected chi connectivity index (χ2v) is 9.37. The molecule has 0 heterocycles. The fraction of sp³-hybridized carbons (Fsp3) is 0. The van der Waals surface area contributed by atoms with Gasteiger partial charge >= 0.3 is 0 Å². The molecule has 0 amide bonds. The third-order valence-electron chi connectivity index (χ3n) is 6.83. The average molecular weight is 489 g/mol. The minimum Gasteiger partial charge on any atom is -0.397 e. The van der Waals surface area contributed by atoms with Gasteiger partial charge in [0.25, 0.3) is 0 Å². The SMILES string of the molecule is Nc1ccccc1N/C(=C/c1ccc(-c2cccc(-c3ccccc3)c2)cc1)c1cccc2ccccc12. The van der Waals surface area contributed by atoms with Crippen molar-refractivity contribution in [2.24, 2.45) is 0 Å². The van der Waals surface area contributed by atoms with E-state index in [4.69, 9.17) is 5.73 Å². The van der Waals surface area contributed by atoms with Crippen LogP contribution in [0.5, 0.6) is 0 Å². The number of hydrogen-bond donors (Lipinski definition) is 2. The molecule has 0 atom stereocenters. The number of nitrogen functional groups attached to an aromatic ring is 1. The van der Waals surface area contributed by atoms with Crippen LogP contribution in [0.4, 0.5) is 11.4 Å². The van der Waals surface area contributed by atoms with E-state index in [0.717, 1.165) is 22.5 Å². The fourth-order valence-corrected chi connectivity index (χ4v) is 4.84. The summed E-state index contributed by atoms with van der Waals surface area (Å²) in [5.41, 5.74) is 16.0. The molecule has 6 aromatic rings. The quantitative estimate of drug-likeness (QED) is 0.181. The first kappa shape index (κ1) is 23.3. The second-order valence-electron chi connectivity index (χ2n) is 9.37. The molecule has 0 unspecified atom stereocenters. The Morgan fingerprint density at radius 2 is 1.13 bits per heavy atom. The second kappa shape index (κ2) is 10.5. The number of anilines is 2. The summed E-state index contributed by atoms with van der Waals surface area (Å²) in [5, 5.41) is 6.01. The van der Waals surface area contributed by atoms with Crippen molar-refractivity contribution in [1.29, 1.82) is 0 Å². The molecule has 6 aromatic carbocycles. The third kappa shape index (κ3) is 4.93.